The molecule has 5 rings (SSSR count). The Bertz CT molecular complexity index is 978. The van der Waals surface area contributed by atoms with Crippen molar-refractivity contribution in [2.24, 2.45) is 0 Å². The highest BCUT2D eigenvalue weighted by Gasteiger charge is 2.53. The van der Waals surface area contributed by atoms with Crippen molar-refractivity contribution in [2.75, 3.05) is 27.3 Å². The number of benzene rings is 2. The zero-order valence-electron chi connectivity index (χ0n) is 18.8. The van der Waals surface area contributed by atoms with Crippen molar-refractivity contribution in [1.82, 2.24) is 10.4 Å². The van der Waals surface area contributed by atoms with E-state index >= 15 is 0 Å². The summed E-state index contributed by atoms with van der Waals surface area (Å²) in [5.74, 6) is 2.55. The summed E-state index contributed by atoms with van der Waals surface area (Å²) in [6.45, 7) is 6.77. The zero-order valence-corrected chi connectivity index (χ0v) is 18.8. The lowest BCUT2D eigenvalue weighted by Crippen LogP contribution is -3.16. The monoisotopic (exact) mass is 422 g/mol. The van der Waals surface area contributed by atoms with Gasteiger partial charge in [-0.05, 0) is 55.8 Å². The molecule has 3 aliphatic rings. The van der Waals surface area contributed by atoms with E-state index in [-0.39, 0.29) is 6.04 Å². The standard InChI is InChI=1S/C25H31N3O3/c1-17(2)27-14-12-25(13-15-27)28-22(20-6-5-7-23(30-4)24(20)31-25)16-21(26-28)18-8-10-19(29-3)11-9-18/h5-11,16-17,22,26H,12-15H2,1-4H3/p+1/t22-/m0/s1. The molecule has 1 saturated heterocycles. The minimum atomic E-state index is -0.393. The number of nitrogens with one attached hydrogen (secondary N) is 2. The molecule has 0 bridgehead atoms. The second kappa shape index (κ2) is 7.77. The van der Waals surface area contributed by atoms with Crippen LogP contribution in [0.3, 0.4) is 0 Å². The lowest BCUT2D eigenvalue weighted by Gasteiger charge is -2.51. The van der Waals surface area contributed by atoms with Crippen LogP contribution in [0.25, 0.3) is 5.70 Å². The predicted molar refractivity (Wildman–Crippen MR) is 120 cm³/mol. The number of para-hydroxylation sites is 1. The minimum Gasteiger partial charge on any atom is -0.497 e. The number of rotatable bonds is 4. The van der Waals surface area contributed by atoms with Crippen LogP contribution in [0.2, 0.25) is 0 Å². The van der Waals surface area contributed by atoms with E-state index in [0.717, 1.165) is 60.0 Å². The summed E-state index contributed by atoms with van der Waals surface area (Å²) in [6, 6.07) is 15.1. The number of fused-ring (bicyclic) bond motifs is 4. The summed E-state index contributed by atoms with van der Waals surface area (Å²) in [6.07, 6.45) is 4.24. The van der Waals surface area contributed by atoms with Crippen LogP contribution < -0.4 is 24.5 Å². The molecule has 31 heavy (non-hydrogen) atoms. The van der Waals surface area contributed by atoms with E-state index in [1.165, 1.54) is 0 Å². The Balaban J connectivity index is 1.54. The number of nitrogens with zero attached hydrogens (tertiary/aromatic N) is 1. The quantitative estimate of drug-likeness (QED) is 0.794. The summed E-state index contributed by atoms with van der Waals surface area (Å²) >= 11 is 0. The molecule has 0 aliphatic carbocycles. The maximum absolute atomic E-state index is 6.82. The number of likely N-dealkylation sites (tertiary alicyclic amines) is 1. The molecule has 2 N–H and O–H groups in total. The lowest BCUT2D eigenvalue weighted by molar-refractivity contribution is -0.929. The lowest BCUT2D eigenvalue weighted by atomic mass is 9.92. The molecule has 1 atom stereocenters. The van der Waals surface area contributed by atoms with E-state index in [1.54, 1.807) is 19.1 Å². The maximum Gasteiger partial charge on any atom is 0.191 e. The Kier molecular flexibility index (Phi) is 5.07. The highest BCUT2D eigenvalue weighted by molar-refractivity contribution is 5.68. The van der Waals surface area contributed by atoms with Gasteiger partial charge in [-0.2, -0.15) is 5.01 Å². The average Bonchev–Trinajstić information content (AvgIpc) is 3.26. The summed E-state index contributed by atoms with van der Waals surface area (Å²) in [5.41, 5.74) is 6.69. The fraction of sp³-hybridized carbons (Fsp3) is 0.440. The highest BCUT2D eigenvalue weighted by Crippen LogP contribution is 2.50. The topological polar surface area (TPSA) is 47.4 Å². The van der Waals surface area contributed by atoms with E-state index < -0.39 is 5.72 Å². The molecule has 0 unspecified atom stereocenters. The number of hydrazine groups is 1. The molecule has 6 heteroatoms. The molecule has 0 radical (unpaired) electrons. The first kappa shape index (κ1) is 20.2. The number of piperidine rings is 1. The van der Waals surface area contributed by atoms with E-state index in [0.29, 0.717) is 6.04 Å². The number of methoxy groups -OCH3 is 2. The summed E-state index contributed by atoms with van der Waals surface area (Å²) < 4.78 is 17.8. The van der Waals surface area contributed by atoms with Gasteiger partial charge in [-0.25, -0.2) is 0 Å². The van der Waals surface area contributed by atoms with E-state index in [9.17, 15) is 0 Å². The molecule has 164 valence electrons. The van der Waals surface area contributed by atoms with Gasteiger partial charge < -0.3 is 24.5 Å². The Morgan fingerprint density at radius 3 is 2.45 bits per heavy atom. The number of hydrogen-bond donors (Lipinski definition) is 2. The van der Waals surface area contributed by atoms with Crippen molar-refractivity contribution in [1.29, 1.82) is 0 Å². The average molecular weight is 423 g/mol. The maximum atomic E-state index is 6.82. The highest BCUT2D eigenvalue weighted by atomic mass is 16.5. The molecule has 3 heterocycles. The fourth-order valence-corrected chi connectivity index (χ4v) is 5.14. The van der Waals surface area contributed by atoms with Crippen molar-refractivity contribution in [3.05, 3.63) is 59.7 Å². The van der Waals surface area contributed by atoms with Gasteiger partial charge >= 0.3 is 0 Å². The SMILES string of the molecule is COc1ccc(C2=C[C@H]3c4cccc(OC)c4OC4(CC[NH+](C(C)C)CC4)N3N2)cc1. The molecule has 2 aromatic carbocycles. The van der Waals surface area contributed by atoms with Crippen molar-refractivity contribution < 1.29 is 19.1 Å². The first-order valence-electron chi connectivity index (χ1n) is 11.2. The number of ether oxygens (including phenoxy) is 3. The van der Waals surface area contributed by atoms with Crippen molar-refractivity contribution in [3.8, 4) is 17.2 Å². The first-order chi connectivity index (χ1) is 15.0. The third-order valence-corrected chi connectivity index (χ3v) is 7.01. The molecule has 0 saturated carbocycles. The van der Waals surface area contributed by atoms with E-state index in [4.69, 9.17) is 14.2 Å². The summed E-state index contributed by atoms with van der Waals surface area (Å²) in [7, 11) is 3.41. The van der Waals surface area contributed by atoms with Crippen LogP contribution in [0, 0.1) is 0 Å². The third kappa shape index (κ3) is 3.34. The summed E-state index contributed by atoms with van der Waals surface area (Å²) in [4.78, 5) is 1.64. The van der Waals surface area contributed by atoms with Crippen LogP contribution >= 0.6 is 0 Å². The second-order valence-corrected chi connectivity index (χ2v) is 8.98. The van der Waals surface area contributed by atoms with Crippen LogP contribution in [0.4, 0.5) is 0 Å². The Morgan fingerprint density at radius 2 is 1.81 bits per heavy atom. The number of hydrogen-bond acceptors (Lipinski definition) is 5. The Labute approximate surface area is 184 Å². The summed E-state index contributed by atoms with van der Waals surface area (Å²) in [5, 5.41) is 2.34. The Hall–Kier alpha value is -2.70. The number of quaternary nitrogens is 1. The van der Waals surface area contributed by atoms with Gasteiger partial charge in [0.05, 0.1) is 57.9 Å². The van der Waals surface area contributed by atoms with Gasteiger partial charge in [0.1, 0.15) is 5.75 Å². The van der Waals surface area contributed by atoms with Crippen LogP contribution in [0.1, 0.15) is 43.9 Å². The van der Waals surface area contributed by atoms with Gasteiger partial charge in [0.2, 0.25) is 0 Å². The van der Waals surface area contributed by atoms with Crippen LogP contribution in [0.15, 0.2) is 48.5 Å². The van der Waals surface area contributed by atoms with Gasteiger partial charge in [0.15, 0.2) is 17.2 Å². The van der Waals surface area contributed by atoms with Crippen LogP contribution in [-0.2, 0) is 0 Å². The molecular formula is C25H32N3O3+. The van der Waals surface area contributed by atoms with Gasteiger partial charge in [0, 0.05) is 5.56 Å². The smallest absolute Gasteiger partial charge is 0.191 e. The molecule has 0 amide bonds. The fourth-order valence-electron chi connectivity index (χ4n) is 5.14. The zero-order chi connectivity index (χ0) is 21.6. The van der Waals surface area contributed by atoms with Gasteiger partial charge in [-0.3, -0.25) is 0 Å². The van der Waals surface area contributed by atoms with Gasteiger partial charge in [0.25, 0.3) is 0 Å². The molecule has 0 aromatic heterocycles. The second-order valence-electron chi connectivity index (χ2n) is 8.98. The van der Waals surface area contributed by atoms with Gasteiger partial charge in [-0.15, -0.1) is 0 Å². The van der Waals surface area contributed by atoms with Crippen LogP contribution in [0.5, 0.6) is 17.2 Å². The van der Waals surface area contributed by atoms with E-state index in [1.807, 2.05) is 24.3 Å². The van der Waals surface area contributed by atoms with Crippen molar-refractivity contribution in [3.63, 3.8) is 0 Å². The van der Waals surface area contributed by atoms with Crippen molar-refractivity contribution in [2.45, 2.75) is 44.5 Å². The van der Waals surface area contributed by atoms with Crippen molar-refractivity contribution >= 4 is 5.70 Å². The predicted octanol–water partition coefficient (Wildman–Crippen LogP) is 2.78. The van der Waals surface area contributed by atoms with Crippen LogP contribution in [-0.4, -0.2) is 44.1 Å². The first-order valence-corrected chi connectivity index (χ1v) is 11.2. The molecular weight excluding hydrogens is 390 g/mol. The normalized spacial score (nSPS) is 27.2. The van der Waals surface area contributed by atoms with E-state index in [2.05, 4.69) is 48.6 Å². The minimum absolute atomic E-state index is 0.0940. The third-order valence-electron chi connectivity index (χ3n) is 7.01. The molecule has 2 aromatic rings. The largest absolute Gasteiger partial charge is 0.497 e. The molecule has 1 spiro atoms. The Morgan fingerprint density at radius 1 is 1.06 bits per heavy atom. The molecule has 1 fully saturated rings. The van der Waals surface area contributed by atoms with Gasteiger partial charge in [-0.1, -0.05) is 12.1 Å². The molecule has 3 aliphatic heterocycles. The molecule has 6 nitrogen and oxygen atoms in total.